The second-order valence-corrected chi connectivity index (χ2v) is 5.04. The highest BCUT2D eigenvalue weighted by molar-refractivity contribution is 5.83. The Kier molecular flexibility index (Phi) is 5.11. The van der Waals surface area contributed by atoms with E-state index in [1.165, 1.54) is 19.2 Å². The van der Waals surface area contributed by atoms with E-state index in [4.69, 9.17) is 5.11 Å². The van der Waals surface area contributed by atoms with Crippen molar-refractivity contribution in [1.82, 2.24) is 20.2 Å². The van der Waals surface area contributed by atoms with Crippen LogP contribution in [-0.4, -0.2) is 57.5 Å². The van der Waals surface area contributed by atoms with Gasteiger partial charge in [0.05, 0.1) is 6.33 Å². The van der Waals surface area contributed by atoms with Crippen LogP contribution in [0.4, 0.5) is 0 Å². The van der Waals surface area contributed by atoms with Crippen molar-refractivity contribution in [3.8, 4) is 0 Å². The molecule has 3 N–H and O–H groups in total. The van der Waals surface area contributed by atoms with E-state index in [2.05, 4.69) is 20.2 Å². The number of aliphatic carboxylic acids is 1. The van der Waals surface area contributed by atoms with Crippen molar-refractivity contribution in [1.29, 1.82) is 0 Å². The van der Waals surface area contributed by atoms with Crippen molar-refractivity contribution in [3.63, 3.8) is 0 Å². The molecule has 1 atom stereocenters. The predicted octanol–water partition coefficient (Wildman–Crippen LogP) is 0.00750. The van der Waals surface area contributed by atoms with Crippen molar-refractivity contribution in [3.05, 3.63) is 18.2 Å². The number of carboxylic acids is 1. The topological polar surface area (TPSA) is 98.3 Å². The van der Waals surface area contributed by atoms with Crippen LogP contribution in [-0.2, 0) is 16.0 Å². The number of carboxylic acid groups (broad SMARTS) is 1. The minimum atomic E-state index is -1.03. The fraction of sp³-hybridized carbons (Fsp3) is 0.615. The molecular weight excluding hydrogens is 260 g/mol. The third-order valence-electron chi connectivity index (χ3n) is 3.47. The average Bonchev–Trinajstić information content (AvgIpc) is 3.08. The molecule has 1 amide bonds. The molecule has 0 unspecified atom stereocenters. The van der Waals surface area contributed by atoms with Crippen LogP contribution >= 0.6 is 0 Å². The third kappa shape index (κ3) is 4.34. The van der Waals surface area contributed by atoms with Gasteiger partial charge in [0, 0.05) is 31.3 Å². The highest BCUT2D eigenvalue weighted by Gasteiger charge is 2.21. The Morgan fingerprint density at radius 1 is 1.45 bits per heavy atom. The molecule has 110 valence electrons. The maximum atomic E-state index is 11.8. The molecule has 1 aromatic heterocycles. The molecule has 7 nitrogen and oxygen atoms in total. The summed E-state index contributed by atoms with van der Waals surface area (Å²) in [7, 11) is 0. The zero-order chi connectivity index (χ0) is 14.4. The molecule has 0 spiro atoms. The SMILES string of the molecule is O=C(CCN1CCCC1)N[C@@H](Cc1cnc[nH]1)C(=O)O. The van der Waals surface area contributed by atoms with E-state index in [0.29, 0.717) is 18.7 Å². The van der Waals surface area contributed by atoms with Crippen molar-refractivity contribution >= 4 is 11.9 Å². The van der Waals surface area contributed by atoms with Gasteiger partial charge in [0.25, 0.3) is 0 Å². The molecule has 0 aromatic carbocycles. The van der Waals surface area contributed by atoms with Crippen LogP contribution in [0.2, 0.25) is 0 Å². The van der Waals surface area contributed by atoms with Crippen LogP contribution in [0.15, 0.2) is 12.5 Å². The fourth-order valence-corrected chi connectivity index (χ4v) is 2.35. The van der Waals surface area contributed by atoms with Gasteiger partial charge in [-0.1, -0.05) is 0 Å². The first-order chi connectivity index (χ1) is 9.65. The highest BCUT2D eigenvalue weighted by Crippen LogP contribution is 2.07. The molecule has 0 saturated carbocycles. The summed E-state index contributed by atoms with van der Waals surface area (Å²) in [4.78, 5) is 31.9. The second-order valence-electron chi connectivity index (χ2n) is 5.04. The molecule has 0 aliphatic carbocycles. The molecule has 2 rings (SSSR count). The van der Waals surface area contributed by atoms with E-state index in [1.54, 1.807) is 6.20 Å². The number of hydrogen-bond donors (Lipinski definition) is 3. The van der Waals surface area contributed by atoms with Gasteiger partial charge in [0.1, 0.15) is 6.04 Å². The number of imidazole rings is 1. The van der Waals surface area contributed by atoms with Crippen LogP contribution < -0.4 is 5.32 Å². The molecule has 1 fully saturated rings. The quantitative estimate of drug-likeness (QED) is 0.653. The monoisotopic (exact) mass is 280 g/mol. The van der Waals surface area contributed by atoms with Crippen LogP contribution in [0.1, 0.15) is 25.0 Å². The van der Waals surface area contributed by atoms with Gasteiger partial charge in [0.15, 0.2) is 0 Å². The standard InChI is InChI=1S/C13H20N4O3/c18-12(3-6-17-4-1-2-5-17)16-11(13(19)20)7-10-8-14-9-15-10/h8-9,11H,1-7H2,(H,14,15)(H,16,18)(H,19,20)/t11-/m0/s1. The van der Waals surface area contributed by atoms with E-state index in [1.807, 2.05) is 0 Å². The molecule has 1 saturated heterocycles. The maximum absolute atomic E-state index is 11.8. The number of carbonyl (C=O) groups excluding carboxylic acids is 1. The first-order valence-corrected chi connectivity index (χ1v) is 6.87. The summed E-state index contributed by atoms with van der Waals surface area (Å²) in [5, 5.41) is 11.7. The summed E-state index contributed by atoms with van der Waals surface area (Å²) in [5.41, 5.74) is 0.692. The number of amides is 1. The Morgan fingerprint density at radius 2 is 2.20 bits per heavy atom. The summed E-state index contributed by atoms with van der Waals surface area (Å²) >= 11 is 0. The maximum Gasteiger partial charge on any atom is 0.326 e. The minimum absolute atomic E-state index is 0.213. The van der Waals surface area contributed by atoms with Crippen molar-refractivity contribution < 1.29 is 14.7 Å². The van der Waals surface area contributed by atoms with Crippen molar-refractivity contribution in [2.75, 3.05) is 19.6 Å². The summed E-state index contributed by atoms with van der Waals surface area (Å²) in [6.45, 7) is 2.76. The lowest BCUT2D eigenvalue weighted by Crippen LogP contribution is -2.43. The molecule has 0 radical (unpaired) electrons. The number of rotatable bonds is 7. The molecule has 1 aliphatic heterocycles. The lowest BCUT2D eigenvalue weighted by Gasteiger charge is -2.16. The van der Waals surface area contributed by atoms with Crippen LogP contribution in [0.5, 0.6) is 0 Å². The van der Waals surface area contributed by atoms with Gasteiger partial charge in [-0.2, -0.15) is 0 Å². The predicted molar refractivity (Wildman–Crippen MR) is 72.1 cm³/mol. The highest BCUT2D eigenvalue weighted by atomic mass is 16.4. The number of H-pyrrole nitrogens is 1. The fourth-order valence-electron chi connectivity index (χ4n) is 2.35. The lowest BCUT2D eigenvalue weighted by molar-refractivity contribution is -0.141. The molecule has 1 aromatic rings. The molecule has 0 bridgehead atoms. The molecule has 1 aliphatic rings. The van der Waals surface area contributed by atoms with Gasteiger partial charge in [0.2, 0.25) is 5.91 Å². The number of aromatic nitrogens is 2. The number of nitrogens with zero attached hydrogens (tertiary/aromatic N) is 2. The van der Waals surface area contributed by atoms with Crippen molar-refractivity contribution in [2.24, 2.45) is 0 Å². The van der Waals surface area contributed by atoms with Gasteiger partial charge in [-0.05, 0) is 25.9 Å². The Morgan fingerprint density at radius 3 is 2.80 bits per heavy atom. The lowest BCUT2D eigenvalue weighted by atomic mass is 10.1. The molecule has 7 heteroatoms. The Bertz CT molecular complexity index is 440. The number of carbonyl (C=O) groups is 2. The Balaban J connectivity index is 1.78. The van der Waals surface area contributed by atoms with Crippen LogP contribution in [0.25, 0.3) is 0 Å². The summed E-state index contributed by atoms with van der Waals surface area (Å²) in [6.07, 6.45) is 5.96. The Hall–Kier alpha value is -1.89. The van der Waals surface area contributed by atoms with E-state index >= 15 is 0 Å². The number of nitrogens with one attached hydrogen (secondary N) is 2. The van der Waals surface area contributed by atoms with E-state index in [-0.39, 0.29) is 12.3 Å². The third-order valence-corrected chi connectivity index (χ3v) is 3.47. The normalized spacial score (nSPS) is 17.0. The first-order valence-electron chi connectivity index (χ1n) is 6.87. The largest absolute Gasteiger partial charge is 0.480 e. The van der Waals surface area contributed by atoms with Crippen LogP contribution in [0.3, 0.4) is 0 Å². The molecule has 20 heavy (non-hydrogen) atoms. The number of likely N-dealkylation sites (tertiary alicyclic amines) is 1. The number of hydrogen-bond acceptors (Lipinski definition) is 4. The van der Waals surface area contributed by atoms with Gasteiger partial charge in [-0.3, -0.25) is 4.79 Å². The minimum Gasteiger partial charge on any atom is -0.480 e. The summed E-state index contributed by atoms with van der Waals surface area (Å²) in [5.74, 6) is -1.25. The molecular formula is C13H20N4O3. The second kappa shape index (κ2) is 7.04. The summed E-state index contributed by atoms with van der Waals surface area (Å²) in [6, 6.07) is -0.915. The van der Waals surface area contributed by atoms with Gasteiger partial charge in [-0.25, -0.2) is 9.78 Å². The first kappa shape index (κ1) is 14.5. The van der Waals surface area contributed by atoms with Crippen molar-refractivity contribution in [2.45, 2.75) is 31.7 Å². The van der Waals surface area contributed by atoms with E-state index < -0.39 is 12.0 Å². The Labute approximate surface area is 117 Å². The van der Waals surface area contributed by atoms with Gasteiger partial charge in [-0.15, -0.1) is 0 Å². The smallest absolute Gasteiger partial charge is 0.326 e. The number of aromatic amines is 1. The van der Waals surface area contributed by atoms with E-state index in [0.717, 1.165) is 13.1 Å². The zero-order valence-electron chi connectivity index (χ0n) is 11.3. The van der Waals surface area contributed by atoms with Gasteiger partial charge >= 0.3 is 5.97 Å². The average molecular weight is 280 g/mol. The zero-order valence-corrected chi connectivity index (χ0v) is 11.3. The molecule has 2 heterocycles. The van der Waals surface area contributed by atoms with Crippen LogP contribution in [0, 0.1) is 0 Å². The summed E-state index contributed by atoms with van der Waals surface area (Å²) < 4.78 is 0. The van der Waals surface area contributed by atoms with Gasteiger partial charge < -0.3 is 20.3 Å². The van der Waals surface area contributed by atoms with E-state index in [9.17, 15) is 9.59 Å².